The number of benzene rings is 2. The highest BCUT2D eigenvalue weighted by atomic mass is 15.2. The molecule has 118 valence electrons. The molecule has 0 aliphatic heterocycles. The Kier molecular flexibility index (Phi) is 3.85. The van der Waals surface area contributed by atoms with Gasteiger partial charge in [0.2, 0.25) is 6.33 Å². The molecule has 2 aromatic carbocycles. The largest absolute Gasteiger partial charge is 0.245 e. The lowest BCUT2D eigenvalue weighted by molar-refractivity contribution is -0.747. The summed E-state index contributed by atoms with van der Waals surface area (Å²) in [6, 6.07) is 21.3. The maximum absolute atomic E-state index is 2.28. The van der Waals surface area contributed by atoms with Crippen molar-refractivity contribution in [3.63, 3.8) is 0 Å². The number of aromatic nitrogens is 2. The van der Waals surface area contributed by atoms with Gasteiger partial charge in [0.25, 0.3) is 0 Å². The van der Waals surface area contributed by atoms with Gasteiger partial charge in [-0.05, 0) is 38.8 Å². The van der Waals surface area contributed by atoms with Gasteiger partial charge in [-0.2, -0.15) is 0 Å². The SMILES string of the molecule is CC(C)(c1ccccc1)n1cc[n+](C(C)(C)c2ccccc2)c1. The van der Waals surface area contributed by atoms with Gasteiger partial charge in [-0.15, -0.1) is 0 Å². The lowest BCUT2D eigenvalue weighted by Gasteiger charge is -2.24. The summed E-state index contributed by atoms with van der Waals surface area (Å²) in [5.41, 5.74) is 2.44. The van der Waals surface area contributed by atoms with E-state index in [2.05, 4.69) is 116 Å². The van der Waals surface area contributed by atoms with Crippen LogP contribution in [0, 0.1) is 0 Å². The second kappa shape index (κ2) is 5.69. The van der Waals surface area contributed by atoms with E-state index in [-0.39, 0.29) is 11.1 Å². The molecule has 0 radical (unpaired) electrons. The van der Waals surface area contributed by atoms with Crippen LogP contribution in [-0.2, 0) is 11.1 Å². The molecule has 1 heterocycles. The third-order valence-electron chi connectivity index (χ3n) is 4.89. The van der Waals surface area contributed by atoms with Crippen molar-refractivity contribution in [1.82, 2.24) is 4.57 Å². The first-order valence-corrected chi connectivity index (χ1v) is 8.13. The smallest absolute Gasteiger partial charge is 0.228 e. The van der Waals surface area contributed by atoms with Crippen molar-refractivity contribution in [2.24, 2.45) is 0 Å². The predicted molar refractivity (Wildman–Crippen MR) is 94.4 cm³/mol. The van der Waals surface area contributed by atoms with E-state index in [0.29, 0.717) is 0 Å². The van der Waals surface area contributed by atoms with Crippen molar-refractivity contribution in [1.29, 1.82) is 0 Å². The summed E-state index contributed by atoms with van der Waals surface area (Å²) in [6.07, 6.45) is 6.54. The average Bonchev–Trinajstić information content (AvgIpc) is 3.08. The Bertz CT molecular complexity index is 702. The van der Waals surface area contributed by atoms with Gasteiger partial charge in [-0.3, -0.25) is 0 Å². The van der Waals surface area contributed by atoms with Crippen LogP contribution in [0.2, 0.25) is 0 Å². The first kappa shape index (κ1) is 15.5. The van der Waals surface area contributed by atoms with Crippen molar-refractivity contribution in [3.05, 3.63) is 90.5 Å². The monoisotopic (exact) mass is 305 g/mol. The van der Waals surface area contributed by atoms with Crippen LogP contribution in [0.25, 0.3) is 0 Å². The summed E-state index contributed by atoms with van der Waals surface area (Å²) >= 11 is 0. The minimum absolute atomic E-state index is 0.0840. The first-order chi connectivity index (χ1) is 10.9. The number of hydrogen-bond donors (Lipinski definition) is 0. The topological polar surface area (TPSA) is 8.81 Å². The molecule has 0 bridgehead atoms. The van der Waals surface area contributed by atoms with Crippen LogP contribution in [0.4, 0.5) is 0 Å². The summed E-state index contributed by atoms with van der Waals surface area (Å²) in [5, 5.41) is 0. The quantitative estimate of drug-likeness (QED) is 0.634. The molecule has 0 unspecified atom stereocenters. The number of rotatable bonds is 4. The van der Waals surface area contributed by atoms with Crippen molar-refractivity contribution in [2.45, 2.75) is 38.8 Å². The highest BCUT2D eigenvalue weighted by molar-refractivity contribution is 5.24. The summed E-state index contributed by atoms with van der Waals surface area (Å²) < 4.78 is 4.57. The highest BCUT2D eigenvalue weighted by Crippen LogP contribution is 2.26. The van der Waals surface area contributed by atoms with E-state index in [1.165, 1.54) is 11.1 Å². The normalized spacial score (nSPS) is 12.3. The van der Waals surface area contributed by atoms with Crippen molar-refractivity contribution < 1.29 is 4.57 Å². The van der Waals surface area contributed by atoms with E-state index in [4.69, 9.17) is 0 Å². The number of hydrogen-bond acceptors (Lipinski definition) is 0. The molecule has 1 aromatic heterocycles. The molecule has 0 fully saturated rings. The molecule has 0 N–H and O–H groups in total. The Hall–Kier alpha value is -2.35. The van der Waals surface area contributed by atoms with Crippen LogP contribution >= 0.6 is 0 Å². The van der Waals surface area contributed by atoms with Crippen molar-refractivity contribution in [3.8, 4) is 0 Å². The molecule has 23 heavy (non-hydrogen) atoms. The van der Waals surface area contributed by atoms with E-state index in [1.807, 2.05) is 0 Å². The molecule has 3 rings (SSSR count). The zero-order valence-corrected chi connectivity index (χ0v) is 14.4. The van der Waals surface area contributed by atoms with E-state index < -0.39 is 0 Å². The minimum Gasteiger partial charge on any atom is -0.228 e. The summed E-state index contributed by atoms with van der Waals surface area (Å²) in [6.45, 7) is 9.01. The molecular formula is C21H25N2+. The van der Waals surface area contributed by atoms with Crippen LogP contribution in [0.3, 0.4) is 0 Å². The zero-order valence-electron chi connectivity index (χ0n) is 14.4. The third kappa shape index (κ3) is 2.81. The molecule has 0 spiro atoms. The summed E-state index contributed by atoms with van der Waals surface area (Å²) in [5.74, 6) is 0. The van der Waals surface area contributed by atoms with E-state index in [0.717, 1.165) is 0 Å². The second-order valence-electron chi connectivity index (χ2n) is 7.08. The number of imidazole rings is 1. The average molecular weight is 305 g/mol. The van der Waals surface area contributed by atoms with Crippen LogP contribution < -0.4 is 4.57 Å². The minimum atomic E-state index is -0.0840. The van der Waals surface area contributed by atoms with Crippen LogP contribution in [0.15, 0.2) is 79.4 Å². The van der Waals surface area contributed by atoms with Crippen LogP contribution in [-0.4, -0.2) is 4.57 Å². The Morgan fingerprint density at radius 2 is 1.26 bits per heavy atom. The first-order valence-electron chi connectivity index (χ1n) is 8.13. The Labute approximate surface area is 139 Å². The maximum atomic E-state index is 2.28. The van der Waals surface area contributed by atoms with Crippen LogP contribution in [0.1, 0.15) is 38.8 Å². The van der Waals surface area contributed by atoms with Crippen LogP contribution in [0.5, 0.6) is 0 Å². The van der Waals surface area contributed by atoms with Gasteiger partial charge in [0.05, 0.1) is 0 Å². The van der Waals surface area contributed by atoms with Crippen molar-refractivity contribution >= 4 is 0 Å². The van der Waals surface area contributed by atoms with Gasteiger partial charge < -0.3 is 0 Å². The predicted octanol–water partition coefficient (Wildman–Crippen LogP) is 4.34. The molecule has 0 saturated carbocycles. The molecular weight excluding hydrogens is 280 g/mol. The Balaban J connectivity index is 1.98. The number of nitrogens with zero attached hydrogens (tertiary/aromatic N) is 2. The molecule has 0 amide bonds. The van der Waals surface area contributed by atoms with E-state index in [9.17, 15) is 0 Å². The molecule has 3 aromatic rings. The summed E-state index contributed by atoms with van der Waals surface area (Å²) in [4.78, 5) is 0. The molecule has 0 atom stereocenters. The molecule has 0 aliphatic rings. The highest BCUT2D eigenvalue weighted by Gasteiger charge is 2.32. The lowest BCUT2D eigenvalue weighted by Crippen LogP contribution is -2.52. The van der Waals surface area contributed by atoms with E-state index in [1.54, 1.807) is 0 Å². The zero-order chi connectivity index (χ0) is 16.5. The van der Waals surface area contributed by atoms with E-state index >= 15 is 0 Å². The Morgan fingerprint density at radius 1 is 0.739 bits per heavy atom. The van der Waals surface area contributed by atoms with Gasteiger partial charge in [-0.25, -0.2) is 9.13 Å². The fourth-order valence-corrected chi connectivity index (χ4v) is 3.01. The molecule has 0 aliphatic carbocycles. The standard InChI is InChI=1S/C21H25N2/c1-20(2,18-11-7-5-8-12-18)22-15-16-23(17-22)21(3,4)19-13-9-6-10-14-19/h5-17H,1-4H3/q+1. The van der Waals surface area contributed by atoms with Gasteiger partial charge in [0.15, 0.2) is 0 Å². The Morgan fingerprint density at radius 3 is 1.83 bits per heavy atom. The lowest BCUT2D eigenvalue weighted by atomic mass is 9.94. The van der Waals surface area contributed by atoms with Gasteiger partial charge in [0, 0.05) is 0 Å². The summed E-state index contributed by atoms with van der Waals surface area (Å²) in [7, 11) is 0. The second-order valence-corrected chi connectivity index (χ2v) is 7.08. The van der Waals surface area contributed by atoms with Gasteiger partial charge in [0.1, 0.15) is 23.5 Å². The van der Waals surface area contributed by atoms with Crippen molar-refractivity contribution in [2.75, 3.05) is 0 Å². The fraction of sp³-hybridized carbons (Fsp3) is 0.286. The fourth-order valence-electron chi connectivity index (χ4n) is 3.01. The van der Waals surface area contributed by atoms with Gasteiger partial charge in [-0.1, -0.05) is 60.7 Å². The molecule has 2 nitrogen and oxygen atoms in total. The molecule has 0 saturated heterocycles. The maximum Gasteiger partial charge on any atom is 0.245 e. The third-order valence-corrected chi connectivity index (χ3v) is 4.89. The molecule has 2 heteroatoms. The van der Waals surface area contributed by atoms with Gasteiger partial charge >= 0.3 is 0 Å².